The Balaban J connectivity index is 1.33. The van der Waals surface area contributed by atoms with E-state index in [1.165, 1.54) is 5.56 Å². The number of fused-ring (bicyclic) bond motifs is 1. The Morgan fingerprint density at radius 3 is 2.48 bits per heavy atom. The van der Waals surface area contributed by atoms with E-state index in [-0.39, 0.29) is 11.8 Å². The van der Waals surface area contributed by atoms with Crippen LogP contribution in [-0.2, 0) is 24.3 Å². The predicted octanol–water partition coefficient (Wildman–Crippen LogP) is 5.19. The normalized spacial score (nSPS) is 16.0. The van der Waals surface area contributed by atoms with E-state index in [0.29, 0.717) is 32.7 Å². The van der Waals surface area contributed by atoms with Gasteiger partial charge in [0.25, 0.3) is 0 Å². The number of rotatable bonds is 8. The molecule has 1 aliphatic rings. The van der Waals surface area contributed by atoms with Gasteiger partial charge in [-0.15, -0.1) is 0 Å². The Morgan fingerprint density at radius 1 is 0.939 bits per heavy atom. The molecular formula is C28H29N3O2. The molecular weight excluding hydrogens is 410 g/mol. The van der Waals surface area contributed by atoms with E-state index >= 15 is 0 Å². The fourth-order valence-corrected chi connectivity index (χ4v) is 4.62. The van der Waals surface area contributed by atoms with Crippen molar-refractivity contribution in [2.24, 2.45) is 0 Å². The van der Waals surface area contributed by atoms with Gasteiger partial charge in [0.15, 0.2) is 0 Å². The summed E-state index contributed by atoms with van der Waals surface area (Å²) in [6.07, 6.45) is 1.52. The van der Waals surface area contributed by atoms with Gasteiger partial charge in [0.05, 0.1) is 17.6 Å². The molecule has 1 aliphatic heterocycles. The highest BCUT2D eigenvalue weighted by molar-refractivity contribution is 5.81. The highest BCUT2D eigenvalue weighted by atomic mass is 16.5. The summed E-state index contributed by atoms with van der Waals surface area (Å²) in [7, 11) is 0. The van der Waals surface area contributed by atoms with Gasteiger partial charge in [-0.3, -0.25) is 4.79 Å². The number of likely N-dealkylation sites (tertiary alicyclic amines) is 1. The SMILES string of the molecule is CCc1ccc(OCCn2c([C@@H]3CC(=O)N(Cc4ccccc4)C3)nc3ccccc32)cc1. The molecule has 0 radical (unpaired) electrons. The van der Waals surface area contributed by atoms with Gasteiger partial charge < -0.3 is 14.2 Å². The van der Waals surface area contributed by atoms with Gasteiger partial charge in [-0.05, 0) is 41.8 Å². The molecule has 5 rings (SSSR count). The van der Waals surface area contributed by atoms with Gasteiger partial charge in [0, 0.05) is 25.4 Å². The molecule has 1 aromatic heterocycles. The zero-order chi connectivity index (χ0) is 22.6. The Morgan fingerprint density at radius 2 is 1.70 bits per heavy atom. The van der Waals surface area contributed by atoms with Crippen LogP contribution in [0.5, 0.6) is 5.75 Å². The summed E-state index contributed by atoms with van der Waals surface area (Å²) in [6.45, 7) is 4.72. The Bertz CT molecular complexity index is 1230. The highest BCUT2D eigenvalue weighted by Crippen LogP contribution is 2.31. The molecule has 4 aromatic rings. The van der Waals surface area contributed by atoms with Crippen LogP contribution < -0.4 is 4.74 Å². The average Bonchev–Trinajstić information content (AvgIpc) is 3.40. The van der Waals surface area contributed by atoms with Gasteiger partial charge in [-0.25, -0.2) is 4.98 Å². The van der Waals surface area contributed by atoms with Crippen LogP contribution in [0.1, 0.15) is 36.2 Å². The summed E-state index contributed by atoms with van der Waals surface area (Å²) in [6, 6.07) is 26.6. The van der Waals surface area contributed by atoms with Crippen LogP contribution in [0.2, 0.25) is 0 Å². The lowest BCUT2D eigenvalue weighted by molar-refractivity contribution is -0.128. The van der Waals surface area contributed by atoms with Crippen molar-refractivity contribution in [3.63, 3.8) is 0 Å². The number of amides is 1. The van der Waals surface area contributed by atoms with Crippen LogP contribution in [0.3, 0.4) is 0 Å². The maximum atomic E-state index is 12.8. The number of ether oxygens (including phenoxy) is 1. The maximum absolute atomic E-state index is 12.8. The van der Waals surface area contributed by atoms with Gasteiger partial charge in [-0.2, -0.15) is 0 Å². The molecule has 0 bridgehead atoms. The van der Waals surface area contributed by atoms with Crippen LogP contribution in [0.25, 0.3) is 11.0 Å². The number of nitrogens with zero attached hydrogens (tertiary/aromatic N) is 3. The van der Waals surface area contributed by atoms with Crippen LogP contribution >= 0.6 is 0 Å². The van der Waals surface area contributed by atoms with Gasteiger partial charge in [-0.1, -0.05) is 61.5 Å². The minimum atomic E-state index is 0.0810. The van der Waals surface area contributed by atoms with E-state index in [1.807, 2.05) is 53.4 Å². The molecule has 0 aliphatic carbocycles. The second kappa shape index (κ2) is 9.49. The smallest absolute Gasteiger partial charge is 0.223 e. The Labute approximate surface area is 194 Å². The Hall–Kier alpha value is -3.60. The minimum Gasteiger partial charge on any atom is -0.492 e. The molecule has 1 amide bonds. The lowest BCUT2D eigenvalue weighted by Gasteiger charge is -2.17. The van der Waals surface area contributed by atoms with E-state index in [9.17, 15) is 4.79 Å². The quantitative estimate of drug-likeness (QED) is 0.379. The van der Waals surface area contributed by atoms with Crippen molar-refractivity contribution in [1.29, 1.82) is 0 Å². The molecule has 1 saturated heterocycles. The number of carbonyl (C=O) groups excluding carboxylic acids is 1. The number of aryl methyl sites for hydroxylation is 1. The fraction of sp³-hybridized carbons (Fsp3) is 0.286. The fourth-order valence-electron chi connectivity index (χ4n) is 4.62. The van der Waals surface area contributed by atoms with Crippen molar-refractivity contribution in [3.05, 3.63) is 95.8 Å². The van der Waals surface area contributed by atoms with Crippen molar-refractivity contribution < 1.29 is 9.53 Å². The summed E-state index contributed by atoms with van der Waals surface area (Å²) < 4.78 is 8.28. The van der Waals surface area contributed by atoms with E-state index < -0.39 is 0 Å². The summed E-state index contributed by atoms with van der Waals surface area (Å²) >= 11 is 0. The average molecular weight is 440 g/mol. The maximum Gasteiger partial charge on any atom is 0.223 e. The van der Waals surface area contributed by atoms with E-state index in [0.717, 1.165) is 34.6 Å². The summed E-state index contributed by atoms with van der Waals surface area (Å²) in [5, 5.41) is 0. The largest absolute Gasteiger partial charge is 0.492 e. The summed E-state index contributed by atoms with van der Waals surface area (Å²) in [5.74, 6) is 2.13. The number of carbonyl (C=O) groups is 1. The van der Waals surface area contributed by atoms with Crippen LogP contribution in [0.15, 0.2) is 78.9 Å². The molecule has 3 aromatic carbocycles. The molecule has 1 fully saturated rings. The molecule has 0 unspecified atom stereocenters. The van der Waals surface area contributed by atoms with Crippen LogP contribution in [-0.4, -0.2) is 33.5 Å². The van der Waals surface area contributed by atoms with Crippen molar-refractivity contribution >= 4 is 16.9 Å². The zero-order valence-corrected chi connectivity index (χ0v) is 19.0. The molecule has 0 spiro atoms. The molecule has 33 heavy (non-hydrogen) atoms. The first-order valence-corrected chi connectivity index (χ1v) is 11.7. The van der Waals surface area contributed by atoms with Crippen LogP contribution in [0, 0.1) is 0 Å². The monoisotopic (exact) mass is 439 g/mol. The lowest BCUT2D eigenvalue weighted by Crippen LogP contribution is -2.24. The number of imidazole rings is 1. The molecule has 2 heterocycles. The first kappa shape index (κ1) is 21.3. The van der Waals surface area contributed by atoms with E-state index in [2.05, 4.69) is 41.8 Å². The first-order valence-electron chi connectivity index (χ1n) is 11.7. The second-order valence-electron chi connectivity index (χ2n) is 8.62. The molecule has 168 valence electrons. The lowest BCUT2D eigenvalue weighted by atomic mass is 10.1. The number of hydrogen-bond acceptors (Lipinski definition) is 3. The standard InChI is InChI=1S/C28H29N3O2/c1-2-21-12-14-24(15-13-21)33-17-16-31-26-11-7-6-10-25(26)29-28(31)23-18-27(32)30(20-23)19-22-8-4-3-5-9-22/h3-15,23H,2,16-20H2,1H3/t23-/m1/s1. The molecule has 5 nitrogen and oxygen atoms in total. The van der Waals surface area contributed by atoms with Crippen molar-refractivity contribution in [1.82, 2.24) is 14.5 Å². The zero-order valence-electron chi connectivity index (χ0n) is 19.0. The number of para-hydroxylation sites is 2. The highest BCUT2D eigenvalue weighted by Gasteiger charge is 2.33. The predicted molar refractivity (Wildman–Crippen MR) is 130 cm³/mol. The molecule has 0 saturated carbocycles. The third-order valence-electron chi connectivity index (χ3n) is 6.40. The van der Waals surface area contributed by atoms with Crippen molar-refractivity contribution in [3.8, 4) is 5.75 Å². The third kappa shape index (κ3) is 4.63. The third-order valence-corrected chi connectivity index (χ3v) is 6.40. The number of hydrogen-bond donors (Lipinski definition) is 0. The Kier molecular flexibility index (Phi) is 6.11. The number of aromatic nitrogens is 2. The van der Waals surface area contributed by atoms with Crippen molar-refractivity contribution in [2.45, 2.75) is 38.8 Å². The van der Waals surface area contributed by atoms with E-state index in [4.69, 9.17) is 9.72 Å². The molecule has 0 N–H and O–H groups in total. The topological polar surface area (TPSA) is 47.4 Å². The molecule has 1 atom stereocenters. The number of benzene rings is 3. The van der Waals surface area contributed by atoms with Crippen molar-refractivity contribution in [2.75, 3.05) is 13.2 Å². The van der Waals surface area contributed by atoms with Gasteiger partial charge >= 0.3 is 0 Å². The van der Waals surface area contributed by atoms with E-state index in [1.54, 1.807) is 0 Å². The summed E-state index contributed by atoms with van der Waals surface area (Å²) in [4.78, 5) is 19.7. The minimum absolute atomic E-state index is 0.0810. The first-order chi connectivity index (χ1) is 16.2. The van der Waals surface area contributed by atoms with Gasteiger partial charge in [0.1, 0.15) is 18.2 Å². The second-order valence-corrected chi connectivity index (χ2v) is 8.62. The van der Waals surface area contributed by atoms with Gasteiger partial charge in [0.2, 0.25) is 5.91 Å². The molecule has 5 heteroatoms. The summed E-state index contributed by atoms with van der Waals surface area (Å²) in [5.41, 5.74) is 4.51. The van der Waals surface area contributed by atoms with Crippen LogP contribution in [0.4, 0.5) is 0 Å².